The number of rotatable bonds is 5. The average molecular weight is 237 g/mol. The number of thiophene rings is 1. The number of aryl methyl sites for hydroxylation is 1. The van der Waals surface area contributed by atoms with E-state index in [0.717, 1.165) is 17.8 Å². The Morgan fingerprint density at radius 2 is 2.31 bits per heavy atom. The van der Waals surface area contributed by atoms with Crippen LogP contribution in [-0.2, 0) is 13.0 Å². The summed E-state index contributed by atoms with van der Waals surface area (Å²) >= 11 is 1.65. The van der Waals surface area contributed by atoms with Crippen molar-refractivity contribution in [1.29, 1.82) is 0 Å². The highest BCUT2D eigenvalue weighted by atomic mass is 32.1. The van der Waals surface area contributed by atoms with E-state index in [2.05, 4.69) is 40.8 Å². The molecule has 4 nitrogen and oxygen atoms in total. The number of nitrogens with one attached hydrogen (secondary N) is 1. The maximum Gasteiger partial charge on any atom is 0.268 e. The largest absolute Gasteiger partial charge is 0.333 e. The van der Waals surface area contributed by atoms with E-state index in [0.29, 0.717) is 18.3 Å². The van der Waals surface area contributed by atoms with E-state index in [1.807, 2.05) is 0 Å². The Balaban J connectivity index is 2.18. The van der Waals surface area contributed by atoms with Crippen molar-refractivity contribution in [2.24, 2.45) is 0 Å². The molecule has 0 bridgehead atoms. The maximum atomic E-state index is 5.26. The Bertz CT molecular complexity index is 450. The van der Waals surface area contributed by atoms with Crippen LogP contribution < -0.4 is 5.32 Å². The molecule has 2 rings (SSSR count). The Labute approximate surface area is 98.7 Å². The predicted octanol–water partition coefficient (Wildman–Crippen LogP) is 2.47. The molecular formula is C11H15N3OS. The lowest BCUT2D eigenvalue weighted by molar-refractivity contribution is 0.420. The van der Waals surface area contributed by atoms with Gasteiger partial charge in [0.1, 0.15) is 0 Å². The lowest BCUT2D eigenvalue weighted by Gasteiger charge is -1.94. The van der Waals surface area contributed by atoms with Gasteiger partial charge in [0, 0.05) is 0 Å². The van der Waals surface area contributed by atoms with E-state index in [4.69, 9.17) is 4.52 Å². The van der Waals surface area contributed by atoms with Gasteiger partial charge in [0.15, 0.2) is 5.82 Å². The van der Waals surface area contributed by atoms with Crippen LogP contribution in [0.5, 0.6) is 0 Å². The smallest absolute Gasteiger partial charge is 0.268 e. The Kier molecular flexibility index (Phi) is 3.69. The average Bonchev–Trinajstić information content (AvgIpc) is 2.94. The van der Waals surface area contributed by atoms with Gasteiger partial charge in [-0.25, -0.2) is 0 Å². The molecule has 0 aliphatic heterocycles. The minimum Gasteiger partial charge on any atom is -0.333 e. The standard InChI is InChI=1S/C11H15N3OS/c1-3-8-5-6-16-10(8)11-13-9(14-15-11)7-12-4-2/h5-6,12H,3-4,7H2,1-2H3. The lowest BCUT2D eigenvalue weighted by Crippen LogP contribution is -2.12. The molecule has 0 saturated carbocycles. The topological polar surface area (TPSA) is 51.0 Å². The normalized spacial score (nSPS) is 10.9. The molecule has 0 fully saturated rings. The second-order valence-electron chi connectivity index (χ2n) is 3.42. The zero-order valence-electron chi connectivity index (χ0n) is 9.49. The van der Waals surface area contributed by atoms with E-state index < -0.39 is 0 Å². The molecule has 2 heterocycles. The minimum atomic E-state index is 0.639. The lowest BCUT2D eigenvalue weighted by atomic mass is 10.2. The first-order chi connectivity index (χ1) is 7.85. The Hall–Kier alpha value is -1.20. The van der Waals surface area contributed by atoms with Crippen LogP contribution in [0.3, 0.4) is 0 Å². The predicted molar refractivity (Wildman–Crippen MR) is 64.4 cm³/mol. The first-order valence-electron chi connectivity index (χ1n) is 5.45. The van der Waals surface area contributed by atoms with Crippen molar-refractivity contribution in [2.75, 3.05) is 6.54 Å². The van der Waals surface area contributed by atoms with E-state index >= 15 is 0 Å². The van der Waals surface area contributed by atoms with Crippen LogP contribution in [0.2, 0.25) is 0 Å². The monoisotopic (exact) mass is 237 g/mol. The zero-order chi connectivity index (χ0) is 11.4. The number of nitrogens with zero attached hydrogens (tertiary/aromatic N) is 2. The molecule has 0 amide bonds. The fraction of sp³-hybridized carbons (Fsp3) is 0.455. The summed E-state index contributed by atoms with van der Waals surface area (Å²) in [6.45, 7) is 5.74. The molecule has 2 aromatic rings. The molecule has 0 unspecified atom stereocenters. The van der Waals surface area contributed by atoms with E-state index in [1.54, 1.807) is 11.3 Å². The van der Waals surface area contributed by atoms with Crippen LogP contribution in [0, 0.1) is 0 Å². The number of aromatic nitrogens is 2. The highest BCUT2D eigenvalue weighted by Crippen LogP contribution is 2.28. The molecule has 0 atom stereocenters. The Morgan fingerprint density at radius 1 is 1.44 bits per heavy atom. The first kappa shape index (κ1) is 11.3. The fourth-order valence-corrected chi connectivity index (χ4v) is 2.37. The molecule has 0 spiro atoms. The van der Waals surface area contributed by atoms with E-state index in [-0.39, 0.29) is 0 Å². The van der Waals surface area contributed by atoms with Crippen molar-refractivity contribution in [2.45, 2.75) is 26.8 Å². The van der Waals surface area contributed by atoms with Crippen LogP contribution in [0.25, 0.3) is 10.8 Å². The summed E-state index contributed by atoms with van der Waals surface area (Å²) < 4.78 is 5.26. The minimum absolute atomic E-state index is 0.639. The SMILES string of the molecule is CCNCc1noc(-c2sccc2CC)n1. The fourth-order valence-electron chi connectivity index (χ4n) is 1.46. The molecule has 0 saturated heterocycles. The van der Waals surface area contributed by atoms with Gasteiger partial charge in [0.25, 0.3) is 5.89 Å². The first-order valence-corrected chi connectivity index (χ1v) is 6.33. The van der Waals surface area contributed by atoms with Crippen LogP contribution in [0.1, 0.15) is 25.2 Å². The molecule has 0 aromatic carbocycles. The van der Waals surface area contributed by atoms with Crippen LogP contribution in [-0.4, -0.2) is 16.7 Å². The van der Waals surface area contributed by atoms with Gasteiger partial charge in [-0.15, -0.1) is 11.3 Å². The zero-order valence-corrected chi connectivity index (χ0v) is 10.3. The van der Waals surface area contributed by atoms with Crippen molar-refractivity contribution < 1.29 is 4.52 Å². The summed E-state index contributed by atoms with van der Waals surface area (Å²) in [7, 11) is 0. The third-order valence-corrected chi connectivity index (χ3v) is 3.27. The van der Waals surface area contributed by atoms with Crippen molar-refractivity contribution >= 4 is 11.3 Å². The Morgan fingerprint density at radius 3 is 3.06 bits per heavy atom. The van der Waals surface area contributed by atoms with Crippen LogP contribution in [0.15, 0.2) is 16.0 Å². The highest BCUT2D eigenvalue weighted by molar-refractivity contribution is 7.13. The van der Waals surface area contributed by atoms with Crippen LogP contribution in [0.4, 0.5) is 0 Å². The molecule has 0 aliphatic carbocycles. The molecular weight excluding hydrogens is 222 g/mol. The summed E-state index contributed by atoms with van der Waals surface area (Å²) in [5.41, 5.74) is 1.27. The van der Waals surface area contributed by atoms with E-state index in [1.165, 1.54) is 5.56 Å². The van der Waals surface area contributed by atoms with Gasteiger partial charge in [0.05, 0.1) is 11.4 Å². The van der Waals surface area contributed by atoms with Gasteiger partial charge < -0.3 is 9.84 Å². The summed E-state index contributed by atoms with van der Waals surface area (Å²) in [6.07, 6.45) is 0.990. The maximum absolute atomic E-state index is 5.26. The molecule has 1 N–H and O–H groups in total. The highest BCUT2D eigenvalue weighted by Gasteiger charge is 2.12. The molecule has 0 radical (unpaired) electrons. The molecule has 86 valence electrons. The number of hydrogen-bond acceptors (Lipinski definition) is 5. The van der Waals surface area contributed by atoms with E-state index in [9.17, 15) is 0 Å². The van der Waals surface area contributed by atoms with Crippen molar-refractivity contribution in [3.8, 4) is 10.8 Å². The number of hydrogen-bond donors (Lipinski definition) is 1. The van der Waals surface area contributed by atoms with Crippen molar-refractivity contribution in [3.05, 3.63) is 22.8 Å². The van der Waals surface area contributed by atoms with Crippen LogP contribution >= 0.6 is 11.3 Å². The summed E-state index contributed by atoms with van der Waals surface area (Å²) in [6, 6.07) is 2.11. The second kappa shape index (κ2) is 5.23. The van der Waals surface area contributed by atoms with Gasteiger partial charge in [-0.2, -0.15) is 4.98 Å². The third kappa shape index (κ3) is 2.31. The van der Waals surface area contributed by atoms with Crippen molar-refractivity contribution in [3.63, 3.8) is 0 Å². The van der Waals surface area contributed by atoms with Crippen molar-refractivity contribution in [1.82, 2.24) is 15.5 Å². The van der Waals surface area contributed by atoms with Gasteiger partial charge in [0.2, 0.25) is 0 Å². The second-order valence-corrected chi connectivity index (χ2v) is 4.34. The van der Waals surface area contributed by atoms with Gasteiger partial charge in [-0.3, -0.25) is 0 Å². The summed E-state index contributed by atoms with van der Waals surface area (Å²) in [5.74, 6) is 1.35. The third-order valence-electron chi connectivity index (χ3n) is 2.32. The molecule has 5 heteroatoms. The molecule has 16 heavy (non-hydrogen) atoms. The summed E-state index contributed by atoms with van der Waals surface area (Å²) in [4.78, 5) is 5.46. The van der Waals surface area contributed by atoms with Gasteiger partial charge in [-0.1, -0.05) is 19.0 Å². The van der Waals surface area contributed by atoms with Gasteiger partial charge >= 0.3 is 0 Å². The van der Waals surface area contributed by atoms with Gasteiger partial charge in [-0.05, 0) is 30.0 Å². The molecule has 0 aliphatic rings. The quantitative estimate of drug-likeness (QED) is 0.868. The molecule has 2 aromatic heterocycles. The summed E-state index contributed by atoms with van der Waals surface area (Å²) in [5, 5.41) is 9.17.